The molecule has 4 aromatic carbocycles. The normalized spacial score (nSPS) is 10.2. The molecule has 0 heterocycles. The Balaban J connectivity index is 1.82. The van der Waals surface area contributed by atoms with E-state index in [0.717, 1.165) is 23.3 Å². The van der Waals surface area contributed by atoms with Gasteiger partial charge in [-0.05, 0) is 91.4 Å². The number of rotatable bonds is 15. The van der Waals surface area contributed by atoms with Gasteiger partial charge in [-0.15, -0.1) is 0 Å². The minimum atomic E-state index is -0.739. The predicted octanol–water partition coefficient (Wildman–Crippen LogP) is 8.65. The van der Waals surface area contributed by atoms with E-state index in [1.165, 1.54) is 6.92 Å². The number of benzene rings is 4. The van der Waals surface area contributed by atoms with Gasteiger partial charge in [0.25, 0.3) is 0 Å². The molecule has 4 aromatic rings. The highest BCUT2D eigenvalue weighted by Gasteiger charge is 2.23. The number of carbonyl (C=O) groups is 4. The van der Waals surface area contributed by atoms with Crippen molar-refractivity contribution >= 4 is 23.9 Å². The van der Waals surface area contributed by atoms with E-state index in [-0.39, 0.29) is 48.5 Å². The third-order valence-corrected chi connectivity index (χ3v) is 7.85. The number of halogens is 1. The number of alkyl halides is 1. The van der Waals surface area contributed by atoms with Crippen molar-refractivity contribution in [2.24, 2.45) is 0 Å². The minimum Gasteiger partial charge on any atom is -0.462 e. The molecule has 0 aliphatic heterocycles. The molecular formula is C45H39FO8. The van der Waals surface area contributed by atoms with Crippen LogP contribution >= 0.6 is 0 Å². The fourth-order valence-corrected chi connectivity index (χ4v) is 5.14. The van der Waals surface area contributed by atoms with E-state index in [2.05, 4.69) is 38.2 Å². The Morgan fingerprint density at radius 2 is 1.22 bits per heavy atom. The maximum atomic E-state index is 13.7. The zero-order chi connectivity index (χ0) is 39.2. The smallest absolute Gasteiger partial charge is 0.338 e. The molecule has 8 nitrogen and oxygen atoms in total. The maximum absolute atomic E-state index is 13.7. The van der Waals surface area contributed by atoms with Crippen molar-refractivity contribution in [2.45, 2.75) is 33.1 Å². The van der Waals surface area contributed by atoms with Crippen molar-refractivity contribution in [1.82, 2.24) is 0 Å². The van der Waals surface area contributed by atoms with Gasteiger partial charge in [0.2, 0.25) is 0 Å². The maximum Gasteiger partial charge on any atom is 0.338 e. The number of carbonyl (C=O) groups excluding carboxylic acids is 4. The highest BCUT2D eigenvalue weighted by molar-refractivity contribution is 5.90. The summed E-state index contributed by atoms with van der Waals surface area (Å²) in [6, 6.07) is 22.9. The second-order valence-electron chi connectivity index (χ2n) is 12.0. The van der Waals surface area contributed by atoms with Crippen LogP contribution in [0.5, 0.6) is 17.2 Å². The molecule has 0 amide bonds. The quantitative estimate of drug-likeness (QED) is 0.0519. The number of ether oxygens (including phenoxy) is 4. The van der Waals surface area contributed by atoms with Gasteiger partial charge in [0.15, 0.2) is 0 Å². The number of hydrogen-bond acceptors (Lipinski definition) is 8. The van der Waals surface area contributed by atoms with Crippen molar-refractivity contribution < 1.29 is 42.5 Å². The zero-order valence-electron chi connectivity index (χ0n) is 30.2. The van der Waals surface area contributed by atoms with Gasteiger partial charge in [-0.3, -0.25) is 4.39 Å². The minimum absolute atomic E-state index is 0.0301. The molecular weight excluding hydrogens is 687 g/mol. The van der Waals surface area contributed by atoms with E-state index < -0.39 is 30.6 Å². The van der Waals surface area contributed by atoms with E-state index in [9.17, 15) is 23.6 Å². The van der Waals surface area contributed by atoms with Crippen LogP contribution in [0.1, 0.15) is 42.5 Å². The first-order valence-corrected chi connectivity index (χ1v) is 16.9. The highest BCUT2D eigenvalue weighted by atomic mass is 19.1. The Kier molecular flexibility index (Phi) is 14.2. The lowest BCUT2D eigenvalue weighted by atomic mass is 9.89. The molecule has 0 unspecified atom stereocenters. The number of esters is 4. The van der Waals surface area contributed by atoms with Gasteiger partial charge in [-0.2, -0.15) is 0 Å². The van der Waals surface area contributed by atoms with Gasteiger partial charge < -0.3 is 18.9 Å². The zero-order valence-corrected chi connectivity index (χ0v) is 30.2. The SMILES string of the molecule is C=CC(=O)Oc1ccc(-c2ccc(C#Cc3cc(CCOC(=O)C(=C)C)c(-c4ccc(OC(=O)C(=C)C)cc4)c(OC(=O)C=C)c3CCCF)cc2)cc1. The molecule has 0 radical (unpaired) electrons. The van der Waals surface area contributed by atoms with Gasteiger partial charge in [0.05, 0.1) is 13.3 Å². The summed E-state index contributed by atoms with van der Waals surface area (Å²) in [6.07, 6.45) is 2.62. The monoisotopic (exact) mass is 726 g/mol. The number of hydrogen-bond donors (Lipinski definition) is 0. The first kappa shape index (κ1) is 40.0. The molecule has 0 saturated heterocycles. The van der Waals surface area contributed by atoms with Gasteiger partial charge in [-0.25, -0.2) is 19.2 Å². The second kappa shape index (κ2) is 19.2. The van der Waals surface area contributed by atoms with Crippen LogP contribution in [0.4, 0.5) is 4.39 Å². The highest BCUT2D eigenvalue weighted by Crippen LogP contribution is 2.41. The first-order valence-electron chi connectivity index (χ1n) is 16.9. The molecule has 0 spiro atoms. The summed E-state index contributed by atoms with van der Waals surface area (Å²) in [5.41, 5.74) is 5.62. The van der Waals surface area contributed by atoms with Crippen molar-refractivity contribution in [3.05, 3.63) is 151 Å². The second-order valence-corrected chi connectivity index (χ2v) is 12.0. The van der Waals surface area contributed by atoms with Crippen molar-refractivity contribution in [2.75, 3.05) is 13.3 Å². The average molecular weight is 727 g/mol. The lowest BCUT2D eigenvalue weighted by Crippen LogP contribution is -2.12. The molecule has 274 valence electrons. The standard InChI is InChI=1S/C45H39FO8/c1-7-40(47)52-37-21-17-33(18-22-37)32-14-11-31(12-15-32)13-16-35-28-36(25-27-51-44(49)29(3)4)42(43(54-41(48)8-2)39(35)10-9-26-46)34-19-23-38(24-20-34)53-45(50)30(5)6/h7-8,11-12,14-15,17-24,28H,1-3,5,9-10,25-27H2,4,6H3. The summed E-state index contributed by atoms with van der Waals surface area (Å²) in [5, 5.41) is 0. The third kappa shape index (κ3) is 10.9. The summed E-state index contributed by atoms with van der Waals surface area (Å²) in [7, 11) is 0. The van der Waals surface area contributed by atoms with Crippen LogP contribution in [0.2, 0.25) is 0 Å². The summed E-state index contributed by atoms with van der Waals surface area (Å²) in [5.74, 6) is 4.77. The summed E-state index contributed by atoms with van der Waals surface area (Å²) >= 11 is 0. The molecule has 0 aliphatic carbocycles. The fourth-order valence-electron chi connectivity index (χ4n) is 5.14. The Bertz CT molecular complexity index is 2150. The Labute approximate surface area is 314 Å². The molecule has 0 atom stereocenters. The molecule has 0 bridgehead atoms. The first-order chi connectivity index (χ1) is 25.9. The lowest BCUT2D eigenvalue weighted by Gasteiger charge is -2.21. The van der Waals surface area contributed by atoms with Crippen molar-refractivity contribution in [3.63, 3.8) is 0 Å². The largest absolute Gasteiger partial charge is 0.462 e. The van der Waals surface area contributed by atoms with Gasteiger partial charge in [-0.1, -0.05) is 74.6 Å². The van der Waals surface area contributed by atoms with Crippen LogP contribution in [-0.4, -0.2) is 37.2 Å². The summed E-state index contributed by atoms with van der Waals surface area (Å²) < 4.78 is 35.6. The molecule has 9 heteroatoms. The average Bonchev–Trinajstić information content (AvgIpc) is 3.17. The van der Waals surface area contributed by atoms with Crippen LogP contribution in [0.25, 0.3) is 22.3 Å². The molecule has 54 heavy (non-hydrogen) atoms. The van der Waals surface area contributed by atoms with Gasteiger partial charge in [0.1, 0.15) is 17.2 Å². The van der Waals surface area contributed by atoms with E-state index in [1.54, 1.807) is 43.3 Å². The third-order valence-electron chi connectivity index (χ3n) is 7.85. The van der Waals surface area contributed by atoms with Crippen LogP contribution in [0.15, 0.2) is 128 Å². The molecule has 0 aromatic heterocycles. The molecule has 4 rings (SSSR count). The van der Waals surface area contributed by atoms with Gasteiger partial charge >= 0.3 is 23.9 Å². The summed E-state index contributed by atoms with van der Waals surface area (Å²) in [4.78, 5) is 48.7. The molecule has 0 aliphatic rings. The predicted molar refractivity (Wildman–Crippen MR) is 206 cm³/mol. The van der Waals surface area contributed by atoms with Gasteiger partial charge in [0, 0.05) is 52.0 Å². The Morgan fingerprint density at radius 1 is 0.685 bits per heavy atom. The van der Waals surface area contributed by atoms with E-state index in [0.29, 0.717) is 39.1 Å². The Hall–Kier alpha value is -6.79. The van der Waals surface area contributed by atoms with Crippen LogP contribution in [0.3, 0.4) is 0 Å². The molecule has 0 N–H and O–H groups in total. The molecule has 0 saturated carbocycles. The fraction of sp³-hybridized carbons (Fsp3) is 0.156. The molecule has 0 fully saturated rings. The Morgan fingerprint density at radius 3 is 1.78 bits per heavy atom. The van der Waals surface area contributed by atoms with Crippen LogP contribution in [-0.2, 0) is 36.8 Å². The van der Waals surface area contributed by atoms with Crippen LogP contribution in [0, 0.1) is 11.8 Å². The van der Waals surface area contributed by atoms with E-state index in [1.807, 2.05) is 42.5 Å². The van der Waals surface area contributed by atoms with E-state index >= 15 is 0 Å². The van der Waals surface area contributed by atoms with Crippen LogP contribution < -0.4 is 14.2 Å². The van der Waals surface area contributed by atoms with E-state index in [4.69, 9.17) is 18.9 Å². The topological polar surface area (TPSA) is 105 Å². The van der Waals surface area contributed by atoms with Crippen molar-refractivity contribution in [1.29, 1.82) is 0 Å². The summed E-state index contributed by atoms with van der Waals surface area (Å²) in [6.45, 7) is 16.6. The lowest BCUT2D eigenvalue weighted by molar-refractivity contribution is -0.139. The van der Waals surface area contributed by atoms with Crippen molar-refractivity contribution in [3.8, 4) is 51.3 Å².